The molecule has 0 unspecified atom stereocenters. The van der Waals surface area contributed by atoms with Gasteiger partial charge in [-0.3, -0.25) is 0 Å². The summed E-state index contributed by atoms with van der Waals surface area (Å²) in [6.45, 7) is 1.65. The minimum Gasteiger partial charge on any atom is -0.367 e. The van der Waals surface area contributed by atoms with Gasteiger partial charge >= 0.3 is 6.03 Å². The quantitative estimate of drug-likeness (QED) is 0.299. The fraction of sp³-hybridized carbons (Fsp3) is 0.345. The molecular weight excluding hydrogens is 486 g/mol. The maximum atomic E-state index is 14.4. The number of anilines is 1. The number of rotatable bonds is 5. The van der Waals surface area contributed by atoms with Gasteiger partial charge in [0.2, 0.25) is 0 Å². The first-order chi connectivity index (χ1) is 18.5. The van der Waals surface area contributed by atoms with E-state index < -0.39 is 11.6 Å². The van der Waals surface area contributed by atoms with Crippen LogP contribution in [0.3, 0.4) is 0 Å². The molecule has 1 saturated heterocycles. The number of carbonyl (C=O) groups excluding carboxylic acids is 1. The summed E-state index contributed by atoms with van der Waals surface area (Å²) in [5.74, 6) is -0.304. The summed E-state index contributed by atoms with van der Waals surface area (Å²) in [5.41, 5.74) is 2.36. The van der Waals surface area contributed by atoms with Crippen LogP contribution in [0.1, 0.15) is 38.5 Å². The predicted octanol–water partition coefficient (Wildman–Crippen LogP) is 6.10. The number of halogens is 2. The number of likely N-dealkylation sites (tertiary alicyclic amines) is 1. The molecule has 0 spiro atoms. The fourth-order valence-electron chi connectivity index (χ4n) is 5.59. The van der Waals surface area contributed by atoms with Crippen LogP contribution in [0.15, 0.2) is 54.7 Å². The highest BCUT2D eigenvalue weighted by molar-refractivity contribution is 5.94. The van der Waals surface area contributed by atoms with Gasteiger partial charge in [-0.15, -0.1) is 0 Å². The van der Waals surface area contributed by atoms with Crippen molar-refractivity contribution in [3.8, 4) is 22.6 Å². The van der Waals surface area contributed by atoms with Crippen LogP contribution in [0.5, 0.6) is 0 Å². The van der Waals surface area contributed by atoms with Crippen LogP contribution >= 0.6 is 0 Å². The van der Waals surface area contributed by atoms with Gasteiger partial charge in [-0.05, 0) is 44.6 Å². The Morgan fingerprint density at radius 1 is 0.974 bits per heavy atom. The standard InChI is InChI=1S/C29H30F2N6O/c30-19-13-22-23(17-32-27(22)24(31)14-19)28-35-25(18-7-2-1-3-8-18)16-26(36-28)33-20-9-6-10-21(15-20)34-29(38)37-11-4-5-12-37/h1-3,7-8,13-14,16-17,20-21,32H,4-6,9-12,15H2,(H,34,38)(H,33,35,36)/t20-,21+/m0/s1. The summed E-state index contributed by atoms with van der Waals surface area (Å²) in [6.07, 6.45) is 7.45. The van der Waals surface area contributed by atoms with Gasteiger partial charge in [0.25, 0.3) is 0 Å². The molecule has 2 atom stereocenters. The van der Waals surface area contributed by atoms with E-state index in [2.05, 4.69) is 15.6 Å². The van der Waals surface area contributed by atoms with E-state index in [4.69, 9.17) is 9.97 Å². The minimum absolute atomic E-state index is 0.0302. The number of urea groups is 1. The first-order valence-electron chi connectivity index (χ1n) is 13.3. The van der Waals surface area contributed by atoms with Crippen molar-refractivity contribution in [3.63, 3.8) is 0 Å². The van der Waals surface area contributed by atoms with Gasteiger partial charge in [-0.1, -0.05) is 30.3 Å². The molecule has 2 aromatic carbocycles. The van der Waals surface area contributed by atoms with Crippen LogP contribution in [-0.2, 0) is 0 Å². The van der Waals surface area contributed by atoms with Crippen molar-refractivity contribution >= 4 is 22.8 Å². The Labute approximate surface area is 219 Å². The van der Waals surface area contributed by atoms with Crippen molar-refractivity contribution in [2.24, 2.45) is 0 Å². The zero-order chi connectivity index (χ0) is 26.1. The molecule has 2 aliphatic rings. The molecule has 38 heavy (non-hydrogen) atoms. The van der Waals surface area contributed by atoms with Crippen molar-refractivity contribution in [1.82, 2.24) is 25.2 Å². The smallest absolute Gasteiger partial charge is 0.317 e. The number of hydrogen-bond donors (Lipinski definition) is 3. The molecule has 6 rings (SSSR count). The molecule has 2 fully saturated rings. The van der Waals surface area contributed by atoms with Gasteiger partial charge < -0.3 is 20.5 Å². The topological polar surface area (TPSA) is 85.9 Å². The Kier molecular flexibility index (Phi) is 6.66. The van der Waals surface area contributed by atoms with Crippen molar-refractivity contribution in [1.29, 1.82) is 0 Å². The number of aromatic nitrogens is 3. The number of nitrogens with zero attached hydrogens (tertiary/aromatic N) is 3. The number of nitrogens with one attached hydrogen (secondary N) is 3. The second kappa shape index (κ2) is 10.4. The van der Waals surface area contributed by atoms with Crippen molar-refractivity contribution in [3.05, 3.63) is 66.4 Å². The molecule has 0 bridgehead atoms. The molecule has 1 aliphatic carbocycles. The largest absolute Gasteiger partial charge is 0.367 e. The molecule has 3 heterocycles. The van der Waals surface area contributed by atoms with Crippen molar-refractivity contribution in [2.45, 2.75) is 50.6 Å². The first kappa shape index (κ1) is 24.3. The van der Waals surface area contributed by atoms with Crippen LogP contribution in [0.4, 0.5) is 19.4 Å². The highest BCUT2D eigenvalue weighted by Crippen LogP contribution is 2.32. The summed E-state index contributed by atoms with van der Waals surface area (Å²) >= 11 is 0. The Balaban J connectivity index is 1.29. The highest BCUT2D eigenvalue weighted by Gasteiger charge is 2.27. The second-order valence-corrected chi connectivity index (χ2v) is 10.2. The SMILES string of the molecule is O=C(N[C@@H]1CCC[C@H](Nc2cc(-c3ccccc3)nc(-c3c[nH]c4c(F)cc(F)cc34)n2)C1)N1CCCC1. The molecule has 7 nitrogen and oxygen atoms in total. The lowest BCUT2D eigenvalue weighted by molar-refractivity contribution is 0.200. The van der Waals surface area contributed by atoms with E-state index >= 15 is 0 Å². The zero-order valence-electron chi connectivity index (χ0n) is 21.0. The third kappa shape index (κ3) is 5.05. The van der Waals surface area contributed by atoms with Gasteiger partial charge in [0.05, 0.1) is 11.2 Å². The minimum atomic E-state index is -0.659. The maximum Gasteiger partial charge on any atom is 0.317 e. The van der Waals surface area contributed by atoms with Crippen LogP contribution < -0.4 is 10.6 Å². The maximum absolute atomic E-state index is 14.4. The highest BCUT2D eigenvalue weighted by atomic mass is 19.1. The molecule has 9 heteroatoms. The number of H-pyrrole nitrogens is 1. The van der Waals surface area contributed by atoms with Crippen LogP contribution in [0.25, 0.3) is 33.5 Å². The number of benzene rings is 2. The lowest BCUT2D eigenvalue weighted by Crippen LogP contribution is -2.47. The van der Waals surface area contributed by atoms with E-state index in [0.29, 0.717) is 28.3 Å². The Bertz CT molecular complexity index is 1450. The van der Waals surface area contributed by atoms with Gasteiger partial charge in [-0.2, -0.15) is 0 Å². The van der Waals surface area contributed by atoms with E-state index in [1.807, 2.05) is 41.3 Å². The summed E-state index contributed by atoms with van der Waals surface area (Å²) < 4.78 is 28.5. The number of aromatic amines is 1. The molecule has 0 radical (unpaired) electrons. The van der Waals surface area contributed by atoms with Crippen LogP contribution in [0.2, 0.25) is 0 Å². The van der Waals surface area contributed by atoms with Gasteiger partial charge in [0.15, 0.2) is 5.82 Å². The zero-order valence-corrected chi connectivity index (χ0v) is 21.0. The molecular formula is C29H30F2N6O. The monoisotopic (exact) mass is 516 g/mol. The lowest BCUT2D eigenvalue weighted by atomic mass is 9.91. The van der Waals surface area contributed by atoms with Crippen LogP contribution in [-0.4, -0.2) is 51.1 Å². The average Bonchev–Trinajstić information content (AvgIpc) is 3.60. The lowest BCUT2D eigenvalue weighted by Gasteiger charge is -2.32. The van der Waals surface area contributed by atoms with Crippen molar-refractivity contribution < 1.29 is 13.6 Å². The van der Waals surface area contributed by atoms with E-state index in [-0.39, 0.29) is 23.6 Å². The number of hydrogen-bond acceptors (Lipinski definition) is 4. The summed E-state index contributed by atoms with van der Waals surface area (Å²) in [7, 11) is 0. The summed E-state index contributed by atoms with van der Waals surface area (Å²) in [4.78, 5) is 27.0. The second-order valence-electron chi connectivity index (χ2n) is 10.2. The number of amides is 2. The number of fused-ring (bicyclic) bond motifs is 1. The third-order valence-electron chi connectivity index (χ3n) is 7.49. The van der Waals surface area contributed by atoms with Crippen molar-refractivity contribution in [2.75, 3.05) is 18.4 Å². The normalized spacial score (nSPS) is 19.6. The van der Waals surface area contributed by atoms with Gasteiger partial charge in [-0.25, -0.2) is 23.5 Å². The Morgan fingerprint density at radius 2 is 1.76 bits per heavy atom. The molecule has 2 aromatic heterocycles. The molecule has 4 aromatic rings. The van der Waals surface area contributed by atoms with Crippen LogP contribution in [0, 0.1) is 11.6 Å². The predicted molar refractivity (Wildman–Crippen MR) is 144 cm³/mol. The third-order valence-corrected chi connectivity index (χ3v) is 7.49. The van der Waals surface area contributed by atoms with E-state index in [1.54, 1.807) is 6.20 Å². The van der Waals surface area contributed by atoms with Gasteiger partial charge in [0.1, 0.15) is 17.5 Å². The molecule has 2 amide bonds. The van der Waals surface area contributed by atoms with E-state index in [1.165, 1.54) is 6.07 Å². The van der Waals surface area contributed by atoms with E-state index in [9.17, 15) is 13.6 Å². The van der Waals surface area contributed by atoms with E-state index in [0.717, 1.165) is 63.2 Å². The molecule has 1 aliphatic heterocycles. The average molecular weight is 517 g/mol. The molecule has 196 valence electrons. The molecule has 1 saturated carbocycles. The Morgan fingerprint density at radius 3 is 2.58 bits per heavy atom. The molecule has 3 N–H and O–H groups in total. The fourth-order valence-corrected chi connectivity index (χ4v) is 5.59. The summed E-state index contributed by atoms with van der Waals surface area (Å²) in [6, 6.07) is 14.1. The number of carbonyl (C=O) groups is 1. The first-order valence-corrected chi connectivity index (χ1v) is 13.3. The summed E-state index contributed by atoms with van der Waals surface area (Å²) in [5, 5.41) is 7.17. The Hall–Kier alpha value is -4.01. The van der Waals surface area contributed by atoms with Gasteiger partial charge in [0, 0.05) is 60.0 Å².